The average Bonchev–Trinajstić information content (AvgIpc) is 3.04. The van der Waals surface area contributed by atoms with Gasteiger partial charge in [-0.05, 0) is 31.5 Å². The second-order valence-electron chi connectivity index (χ2n) is 4.97. The molecule has 2 heterocycles. The number of benzene rings is 1. The van der Waals surface area contributed by atoms with E-state index in [4.69, 9.17) is 4.42 Å². The summed E-state index contributed by atoms with van der Waals surface area (Å²) in [5.74, 6) is -0.0564. The summed E-state index contributed by atoms with van der Waals surface area (Å²) in [5.41, 5.74) is 1.14. The van der Waals surface area contributed by atoms with E-state index in [1.54, 1.807) is 23.9 Å². The van der Waals surface area contributed by atoms with Gasteiger partial charge in [-0.3, -0.25) is 4.79 Å². The minimum absolute atomic E-state index is 0.221. The van der Waals surface area contributed by atoms with Crippen LogP contribution in [0, 0.1) is 12.7 Å². The van der Waals surface area contributed by atoms with Gasteiger partial charge in [-0.15, -0.1) is 0 Å². The van der Waals surface area contributed by atoms with Gasteiger partial charge in [-0.2, -0.15) is 0 Å². The molecule has 3 rings (SSSR count). The van der Waals surface area contributed by atoms with Crippen LogP contribution < -0.4 is 0 Å². The molecule has 0 aliphatic carbocycles. The lowest BCUT2D eigenvalue weighted by atomic mass is 10.1. The van der Waals surface area contributed by atoms with Crippen LogP contribution in [0.4, 0.5) is 4.39 Å². The third kappa shape index (κ3) is 2.24. The lowest BCUT2D eigenvalue weighted by Crippen LogP contribution is -2.11. The lowest BCUT2D eigenvalue weighted by molar-refractivity contribution is 0.0996. The van der Waals surface area contributed by atoms with Crippen molar-refractivity contribution in [1.82, 2.24) is 9.55 Å². The number of aromatic nitrogens is 2. The summed E-state index contributed by atoms with van der Waals surface area (Å²) in [6, 6.07) is 4.23. The maximum atomic E-state index is 13.3. The summed E-state index contributed by atoms with van der Waals surface area (Å²) in [6.07, 6.45) is 4.27. The first-order valence-electron chi connectivity index (χ1n) is 6.86. The van der Waals surface area contributed by atoms with Gasteiger partial charge in [0.25, 0.3) is 5.78 Å². The number of imidazole rings is 1. The molecular weight excluding hydrogens is 271 g/mol. The van der Waals surface area contributed by atoms with Gasteiger partial charge in [0.2, 0.25) is 0 Å². The molecule has 0 saturated heterocycles. The van der Waals surface area contributed by atoms with Crippen molar-refractivity contribution in [3.63, 3.8) is 0 Å². The van der Waals surface area contributed by atoms with Gasteiger partial charge in [-0.1, -0.05) is 6.92 Å². The molecule has 0 radical (unpaired) electrons. The van der Waals surface area contributed by atoms with Gasteiger partial charge < -0.3 is 8.98 Å². The zero-order valence-electron chi connectivity index (χ0n) is 11.9. The quantitative estimate of drug-likeness (QED) is 0.687. The summed E-state index contributed by atoms with van der Waals surface area (Å²) in [6.45, 7) is 4.50. The minimum atomic E-state index is -0.349. The molecule has 0 aliphatic heterocycles. The predicted molar refractivity (Wildman–Crippen MR) is 76.9 cm³/mol. The van der Waals surface area contributed by atoms with Crippen LogP contribution in [0.25, 0.3) is 11.0 Å². The number of halogens is 1. The molecule has 1 aromatic carbocycles. The molecule has 5 heteroatoms. The molecule has 0 unspecified atom stereocenters. The third-order valence-corrected chi connectivity index (χ3v) is 3.49. The van der Waals surface area contributed by atoms with Gasteiger partial charge in [0.05, 0.1) is 0 Å². The number of carbonyl (C=O) groups is 1. The number of aryl methyl sites for hydroxylation is 2. The number of nitrogens with zero attached hydrogens (tertiary/aromatic N) is 2. The molecule has 0 aliphatic rings. The molecular formula is C16H15FN2O2. The van der Waals surface area contributed by atoms with Crippen LogP contribution in [0.1, 0.15) is 35.3 Å². The van der Waals surface area contributed by atoms with E-state index in [9.17, 15) is 9.18 Å². The molecule has 0 spiro atoms. The molecule has 0 fully saturated rings. The molecule has 3 aromatic rings. The number of rotatable bonds is 4. The molecule has 0 atom stereocenters. The predicted octanol–water partition coefficient (Wildman–Crippen LogP) is 3.72. The smallest absolute Gasteiger partial charge is 0.263 e. The van der Waals surface area contributed by atoms with Crippen molar-refractivity contribution in [1.29, 1.82) is 0 Å². The van der Waals surface area contributed by atoms with Crippen LogP contribution in [0.2, 0.25) is 0 Å². The number of carbonyl (C=O) groups excluding carboxylic acids is 1. The first kappa shape index (κ1) is 13.5. The first-order chi connectivity index (χ1) is 10.1. The normalized spacial score (nSPS) is 11.2. The fourth-order valence-corrected chi connectivity index (χ4v) is 2.45. The first-order valence-corrected chi connectivity index (χ1v) is 6.86. The van der Waals surface area contributed by atoms with Gasteiger partial charge in [-0.25, -0.2) is 9.37 Å². The summed E-state index contributed by atoms with van der Waals surface area (Å²) in [4.78, 5) is 16.7. The van der Waals surface area contributed by atoms with E-state index in [0.29, 0.717) is 22.4 Å². The minimum Gasteiger partial charge on any atom is -0.452 e. The van der Waals surface area contributed by atoms with E-state index in [1.165, 1.54) is 18.2 Å². The molecule has 0 amide bonds. The lowest BCUT2D eigenvalue weighted by Gasteiger charge is -2.04. The van der Waals surface area contributed by atoms with Gasteiger partial charge in [0.15, 0.2) is 11.6 Å². The number of furan rings is 1. The Balaban J connectivity index is 2.09. The van der Waals surface area contributed by atoms with Gasteiger partial charge in [0, 0.05) is 29.9 Å². The highest BCUT2D eigenvalue weighted by Crippen LogP contribution is 2.27. The largest absolute Gasteiger partial charge is 0.452 e. The maximum absolute atomic E-state index is 13.3. The number of hydrogen-bond donors (Lipinski definition) is 0. The topological polar surface area (TPSA) is 48.0 Å². The van der Waals surface area contributed by atoms with Crippen LogP contribution in [-0.2, 0) is 6.54 Å². The average molecular weight is 286 g/mol. The van der Waals surface area contributed by atoms with E-state index >= 15 is 0 Å². The van der Waals surface area contributed by atoms with E-state index in [2.05, 4.69) is 4.98 Å². The molecule has 108 valence electrons. The van der Waals surface area contributed by atoms with E-state index < -0.39 is 0 Å². The second-order valence-corrected chi connectivity index (χ2v) is 4.97. The number of hydrogen-bond acceptors (Lipinski definition) is 3. The van der Waals surface area contributed by atoms with Crippen molar-refractivity contribution in [2.75, 3.05) is 0 Å². The standard InChI is InChI=1S/C16H15FN2O2/c1-3-7-19-8-6-18-16(19)14(20)15-10(2)12-9-11(17)4-5-13(12)21-15/h4-6,8-9H,3,7H2,1-2H3. The van der Waals surface area contributed by atoms with Crippen LogP contribution in [0.5, 0.6) is 0 Å². The number of fused-ring (bicyclic) bond motifs is 1. The Kier molecular flexibility index (Phi) is 3.33. The maximum Gasteiger partial charge on any atom is 0.263 e. The third-order valence-electron chi connectivity index (χ3n) is 3.49. The van der Waals surface area contributed by atoms with Gasteiger partial charge in [0.1, 0.15) is 11.4 Å². The van der Waals surface area contributed by atoms with E-state index in [0.717, 1.165) is 13.0 Å². The molecule has 0 saturated carbocycles. The van der Waals surface area contributed by atoms with Crippen LogP contribution in [-0.4, -0.2) is 15.3 Å². The van der Waals surface area contributed by atoms with E-state index in [-0.39, 0.29) is 17.4 Å². The number of ketones is 1. The summed E-state index contributed by atoms with van der Waals surface area (Å²) >= 11 is 0. The second kappa shape index (κ2) is 5.16. The SMILES string of the molecule is CCCn1ccnc1C(=O)c1oc2ccc(F)cc2c1C. The Bertz CT molecular complexity index is 817. The van der Waals surface area contributed by atoms with Crippen LogP contribution in [0.3, 0.4) is 0 Å². The molecule has 0 bridgehead atoms. The zero-order valence-corrected chi connectivity index (χ0v) is 11.9. The zero-order chi connectivity index (χ0) is 15.0. The highest BCUT2D eigenvalue weighted by molar-refractivity contribution is 6.08. The molecule has 2 aromatic heterocycles. The Morgan fingerprint density at radius 3 is 3.00 bits per heavy atom. The van der Waals surface area contributed by atoms with Crippen molar-refractivity contribution in [2.24, 2.45) is 0 Å². The van der Waals surface area contributed by atoms with Crippen molar-refractivity contribution in [3.05, 3.63) is 53.6 Å². The van der Waals surface area contributed by atoms with Gasteiger partial charge >= 0.3 is 0 Å². The molecule has 21 heavy (non-hydrogen) atoms. The molecule has 0 N–H and O–H groups in total. The fraction of sp³-hybridized carbons (Fsp3) is 0.250. The summed E-state index contributed by atoms with van der Waals surface area (Å²) in [5, 5.41) is 0.618. The monoisotopic (exact) mass is 286 g/mol. The van der Waals surface area contributed by atoms with Crippen molar-refractivity contribution >= 4 is 16.8 Å². The molecule has 4 nitrogen and oxygen atoms in total. The van der Waals surface area contributed by atoms with Crippen LogP contribution >= 0.6 is 0 Å². The highest BCUT2D eigenvalue weighted by Gasteiger charge is 2.23. The Morgan fingerprint density at radius 2 is 2.24 bits per heavy atom. The Hall–Kier alpha value is -2.43. The van der Waals surface area contributed by atoms with E-state index in [1.807, 2.05) is 6.92 Å². The highest BCUT2D eigenvalue weighted by atomic mass is 19.1. The Labute approximate surface area is 121 Å². The van der Waals surface area contributed by atoms with Crippen LogP contribution in [0.15, 0.2) is 35.0 Å². The van der Waals surface area contributed by atoms with Crippen molar-refractivity contribution in [2.45, 2.75) is 26.8 Å². The van der Waals surface area contributed by atoms with Crippen molar-refractivity contribution in [3.8, 4) is 0 Å². The Morgan fingerprint density at radius 1 is 1.43 bits per heavy atom. The fourth-order valence-electron chi connectivity index (χ4n) is 2.45. The van der Waals surface area contributed by atoms with Crippen molar-refractivity contribution < 1.29 is 13.6 Å². The summed E-state index contributed by atoms with van der Waals surface area (Å²) in [7, 11) is 0. The summed E-state index contributed by atoms with van der Waals surface area (Å²) < 4.78 is 20.7.